The zero-order valence-electron chi connectivity index (χ0n) is 7.83. The molecule has 2 aromatic rings. The number of halogens is 1. The molecule has 0 saturated carbocycles. The molecular formula is C11H10ClNO. The average Bonchev–Trinajstić information content (AvgIpc) is 2.27. The highest BCUT2D eigenvalue weighted by Crippen LogP contribution is 2.23. The number of pyridine rings is 1. The Kier molecular flexibility index (Phi) is 2.55. The molecule has 1 aromatic heterocycles. The van der Waals surface area contributed by atoms with Crippen LogP contribution in [-0.2, 0) is 5.88 Å². The van der Waals surface area contributed by atoms with Gasteiger partial charge in [-0.15, -0.1) is 11.6 Å². The van der Waals surface area contributed by atoms with Crippen LogP contribution in [0, 0.1) is 0 Å². The van der Waals surface area contributed by atoms with Crippen molar-refractivity contribution < 1.29 is 4.74 Å². The molecule has 0 spiro atoms. The Morgan fingerprint density at radius 1 is 1.36 bits per heavy atom. The van der Waals surface area contributed by atoms with Crippen LogP contribution in [0.15, 0.2) is 30.5 Å². The van der Waals surface area contributed by atoms with Crippen LogP contribution in [-0.4, -0.2) is 12.1 Å². The van der Waals surface area contributed by atoms with Crippen molar-refractivity contribution in [3.63, 3.8) is 0 Å². The van der Waals surface area contributed by atoms with Crippen molar-refractivity contribution in [3.8, 4) is 5.75 Å². The van der Waals surface area contributed by atoms with Gasteiger partial charge in [0.2, 0.25) is 0 Å². The first kappa shape index (κ1) is 9.28. The standard InChI is InChI=1S/C11H10ClNO/c1-14-9-3-2-8-4-5-13-11(7-12)10(8)6-9/h2-6H,7H2,1H3. The van der Waals surface area contributed by atoms with Crippen LogP contribution in [0.4, 0.5) is 0 Å². The monoisotopic (exact) mass is 207 g/mol. The van der Waals surface area contributed by atoms with Gasteiger partial charge in [-0.25, -0.2) is 0 Å². The van der Waals surface area contributed by atoms with Crippen molar-refractivity contribution >= 4 is 22.4 Å². The van der Waals surface area contributed by atoms with Crippen molar-refractivity contribution in [1.29, 1.82) is 0 Å². The number of alkyl halides is 1. The molecular weight excluding hydrogens is 198 g/mol. The molecule has 0 amide bonds. The maximum Gasteiger partial charge on any atom is 0.119 e. The SMILES string of the molecule is COc1ccc2ccnc(CCl)c2c1. The molecule has 2 rings (SSSR count). The summed E-state index contributed by atoms with van der Waals surface area (Å²) >= 11 is 5.80. The van der Waals surface area contributed by atoms with Gasteiger partial charge in [0.1, 0.15) is 5.75 Å². The maximum absolute atomic E-state index is 5.80. The van der Waals surface area contributed by atoms with Gasteiger partial charge < -0.3 is 4.74 Å². The van der Waals surface area contributed by atoms with Gasteiger partial charge in [0.15, 0.2) is 0 Å². The minimum Gasteiger partial charge on any atom is -0.497 e. The van der Waals surface area contributed by atoms with E-state index in [1.54, 1.807) is 13.3 Å². The molecule has 0 atom stereocenters. The highest BCUT2D eigenvalue weighted by Gasteiger charge is 2.02. The number of benzene rings is 1. The molecule has 0 aliphatic carbocycles. The minimum atomic E-state index is 0.421. The first-order valence-electron chi connectivity index (χ1n) is 4.33. The second kappa shape index (κ2) is 3.84. The van der Waals surface area contributed by atoms with Crippen molar-refractivity contribution in [3.05, 3.63) is 36.2 Å². The Morgan fingerprint density at radius 2 is 2.21 bits per heavy atom. The van der Waals surface area contributed by atoms with Crippen molar-refractivity contribution in [2.75, 3.05) is 7.11 Å². The van der Waals surface area contributed by atoms with Crippen LogP contribution < -0.4 is 4.74 Å². The lowest BCUT2D eigenvalue weighted by Crippen LogP contribution is -1.88. The third-order valence-electron chi connectivity index (χ3n) is 2.18. The third kappa shape index (κ3) is 1.53. The summed E-state index contributed by atoms with van der Waals surface area (Å²) in [6.07, 6.45) is 1.77. The van der Waals surface area contributed by atoms with E-state index < -0.39 is 0 Å². The summed E-state index contributed by atoms with van der Waals surface area (Å²) in [4.78, 5) is 4.21. The lowest BCUT2D eigenvalue weighted by molar-refractivity contribution is 0.415. The molecule has 0 radical (unpaired) electrons. The molecule has 0 aliphatic heterocycles. The van der Waals surface area contributed by atoms with E-state index >= 15 is 0 Å². The fraction of sp³-hybridized carbons (Fsp3) is 0.182. The summed E-state index contributed by atoms with van der Waals surface area (Å²) in [6.45, 7) is 0. The quantitative estimate of drug-likeness (QED) is 0.707. The van der Waals surface area contributed by atoms with Gasteiger partial charge in [0.05, 0.1) is 18.7 Å². The number of hydrogen-bond acceptors (Lipinski definition) is 2. The van der Waals surface area contributed by atoms with Gasteiger partial charge in [-0.3, -0.25) is 4.98 Å². The first-order valence-corrected chi connectivity index (χ1v) is 4.86. The molecule has 0 aliphatic rings. The van der Waals surface area contributed by atoms with Crippen LogP contribution in [0.25, 0.3) is 10.8 Å². The fourth-order valence-electron chi connectivity index (χ4n) is 1.44. The Morgan fingerprint density at radius 3 is 2.93 bits per heavy atom. The highest BCUT2D eigenvalue weighted by molar-refractivity contribution is 6.17. The molecule has 1 heterocycles. The third-order valence-corrected chi connectivity index (χ3v) is 2.44. The molecule has 72 valence electrons. The normalized spacial score (nSPS) is 10.4. The number of rotatable bonds is 2. The van der Waals surface area contributed by atoms with E-state index in [-0.39, 0.29) is 0 Å². The Balaban J connectivity index is 2.70. The molecule has 0 saturated heterocycles. The van der Waals surface area contributed by atoms with Crippen molar-refractivity contribution in [2.45, 2.75) is 5.88 Å². The number of ether oxygens (including phenoxy) is 1. The zero-order chi connectivity index (χ0) is 9.97. The molecule has 2 nitrogen and oxygen atoms in total. The summed E-state index contributed by atoms with van der Waals surface area (Å²) in [7, 11) is 1.65. The molecule has 3 heteroatoms. The minimum absolute atomic E-state index is 0.421. The van der Waals surface area contributed by atoms with E-state index in [1.807, 2.05) is 24.3 Å². The fourth-order valence-corrected chi connectivity index (χ4v) is 1.65. The highest BCUT2D eigenvalue weighted by atomic mass is 35.5. The molecule has 1 aromatic carbocycles. The van der Waals surface area contributed by atoms with E-state index in [4.69, 9.17) is 16.3 Å². The first-order chi connectivity index (χ1) is 6.85. The van der Waals surface area contributed by atoms with Gasteiger partial charge in [-0.2, -0.15) is 0 Å². The number of aromatic nitrogens is 1. The second-order valence-corrected chi connectivity index (χ2v) is 3.25. The number of fused-ring (bicyclic) bond motifs is 1. The smallest absolute Gasteiger partial charge is 0.119 e. The summed E-state index contributed by atoms with van der Waals surface area (Å²) in [6, 6.07) is 7.86. The number of nitrogens with zero attached hydrogens (tertiary/aromatic N) is 1. The van der Waals surface area contributed by atoms with Gasteiger partial charge in [-0.05, 0) is 23.6 Å². The molecule has 0 unspecified atom stereocenters. The predicted molar refractivity (Wildman–Crippen MR) is 57.9 cm³/mol. The summed E-state index contributed by atoms with van der Waals surface area (Å²) < 4.78 is 5.15. The van der Waals surface area contributed by atoms with Crippen LogP contribution in [0.5, 0.6) is 5.75 Å². The lowest BCUT2D eigenvalue weighted by atomic mass is 10.1. The van der Waals surface area contributed by atoms with Gasteiger partial charge in [-0.1, -0.05) is 6.07 Å². The van der Waals surface area contributed by atoms with Gasteiger partial charge in [0.25, 0.3) is 0 Å². The van der Waals surface area contributed by atoms with Crippen LogP contribution in [0.1, 0.15) is 5.69 Å². The molecule has 0 bridgehead atoms. The van der Waals surface area contributed by atoms with Crippen LogP contribution >= 0.6 is 11.6 Å². The summed E-state index contributed by atoms with van der Waals surface area (Å²) in [5, 5.41) is 2.19. The summed E-state index contributed by atoms with van der Waals surface area (Å²) in [5.41, 5.74) is 0.892. The predicted octanol–water partition coefficient (Wildman–Crippen LogP) is 2.98. The van der Waals surface area contributed by atoms with Crippen LogP contribution in [0.3, 0.4) is 0 Å². The number of hydrogen-bond donors (Lipinski definition) is 0. The Hall–Kier alpha value is -1.28. The number of methoxy groups -OCH3 is 1. The van der Waals surface area contributed by atoms with Crippen molar-refractivity contribution in [1.82, 2.24) is 4.98 Å². The molecule has 0 N–H and O–H groups in total. The summed E-state index contributed by atoms with van der Waals surface area (Å²) in [5.74, 6) is 1.25. The topological polar surface area (TPSA) is 22.1 Å². The Labute approximate surface area is 87.5 Å². The van der Waals surface area contributed by atoms with Crippen molar-refractivity contribution in [2.24, 2.45) is 0 Å². The van der Waals surface area contributed by atoms with Gasteiger partial charge in [0, 0.05) is 11.6 Å². The Bertz CT molecular complexity index is 456. The molecule has 0 fully saturated rings. The maximum atomic E-state index is 5.80. The van der Waals surface area contributed by atoms with E-state index in [0.717, 1.165) is 22.2 Å². The van der Waals surface area contributed by atoms with E-state index in [1.165, 1.54) is 0 Å². The largest absolute Gasteiger partial charge is 0.497 e. The lowest BCUT2D eigenvalue weighted by Gasteiger charge is -2.04. The van der Waals surface area contributed by atoms with E-state index in [9.17, 15) is 0 Å². The second-order valence-electron chi connectivity index (χ2n) is 2.98. The van der Waals surface area contributed by atoms with E-state index in [2.05, 4.69) is 4.98 Å². The zero-order valence-corrected chi connectivity index (χ0v) is 8.58. The average molecular weight is 208 g/mol. The van der Waals surface area contributed by atoms with E-state index in [0.29, 0.717) is 5.88 Å². The van der Waals surface area contributed by atoms with Crippen LogP contribution in [0.2, 0.25) is 0 Å². The molecule has 14 heavy (non-hydrogen) atoms. The van der Waals surface area contributed by atoms with Gasteiger partial charge >= 0.3 is 0 Å².